The lowest BCUT2D eigenvalue weighted by atomic mass is 10.2. The molecular weight excluding hydrogens is 370 g/mol. The molecule has 0 radical (unpaired) electrons. The molecule has 1 fully saturated rings. The summed E-state index contributed by atoms with van der Waals surface area (Å²) in [5.74, 6) is 1.45. The Bertz CT molecular complexity index is 945. The molecule has 0 unspecified atom stereocenters. The maximum atomic E-state index is 12.6. The predicted octanol–water partition coefficient (Wildman–Crippen LogP) is 1.49. The van der Waals surface area contributed by atoms with Crippen molar-refractivity contribution in [3.05, 3.63) is 59.9 Å². The molecule has 8 heteroatoms. The van der Waals surface area contributed by atoms with E-state index in [9.17, 15) is 8.42 Å². The van der Waals surface area contributed by atoms with Crippen molar-refractivity contribution in [1.82, 2.24) is 9.29 Å². The lowest BCUT2D eigenvalue weighted by Gasteiger charge is -2.30. The number of hydrogen-bond acceptors (Lipinski definition) is 5. The number of nitrogens with one attached hydrogen (secondary N) is 1. The van der Waals surface area contributed by atoms with Crippen molar-refractivity contribution in [2.24, 2.45) is 0 Å². The van der Waals surface area contributed by atoms with Crippen LogP contribution in [0.1, 0.15) is 5.89 Å². The summed E-state index contributed by atoms with van der Waals surface area (Å²) in [4.78, 5) is 5.66. The first kappa shape index (κ1) is 17.4. The molecule has 0 aliphatic carbocycles. The zero-order chi connectivity index (χ0) is 18.0. The number of sulfonamides is 1. The van der Waals surface area contributed by atoms with E-state index in [0.717, 1.165) is 24.4 Å². The van der Waals surface area contributed by atoms with Gasteiger partial charge in [0.05, 0.1) is 32.4 Å². The molecule has 3 aromatic rings. The summed E-state index contributed by atoms with van der Waals surface area (Å²) in [7, 11) is -3.35. The zero-order valence-electron chi connectivity index (χ0n) is 14.2. The summed E-state index contributed by atoms with van der Waals surface area (Å²) in [6.45, 7) is 3.19. The van der Waals surface area contributed by atoms with Gasteiger partial charge >= 0.3 is 0 Å². The molecule has 0 amide bonds. The van der Waals surface area contributed by atoms with Gasteiger partial charge in [0.1, 0.15) is 4.21 Å². The number of aromatic nitrogens is 1. The summed E-state index contributed by atoms with van der Waals surface area (Å²) >= 11 is 1.27. The third kappa shape index (κ3) is 3.59. The Balaban J connectivity index is 1.37. The second-order valence-corrected chi connectivity index (χ2v) is 9.36. The third-order valence-corrected chi connectivity index (χ3v) is 7.80. The van der Waals surface area contributed by atoms with Gasteiger partial charge in [-0.2, -0.15) is 4.31 Å². The lowest BCUT2D eigenvalue weighted by molar-refractivity contribution is -0.918. The molecule has 1 N–H and O–H groups in total. The van der Waals surface area contributed by atoms with Crippen molar-refractivity contribution < 1.29 is 17.7 Å². The fourth-order valence-electron chi connectivity index (χ4n) is 3.10. The quantitative estimate of drug-likeness (QED) is 0.717. The maximum Gasteiger partial charge on any atom is 0.252 e. The normalized spacial score (nSPS) is 16.8. The van der Waals surface area contributed by atoms with Gasteiger partial charge in [-0.1, -0.05) is 36.4 Å². The molecule has 1 aliphatic heterocycles. The molecule has 136 valence electrons. The largest absolute Gasteiger partial charge is 0.435 e. The van der Waals surface area contributed by atoms with Gasteiger partial charge in [0, 0.05) is 5.56 Å². The van der Waals surface area contributed by atoms with Crippen molar-refractivity contribution in [3.63, 3.8) is 0 Å². The molecular formula is C18H20N3O3S2+. The summed E-state index contributed by atoms with van der Waals surface area (Å²) in [6, 6.07) is 13.3. The van der Waals surface area contributed by atoms with Crippen LogP contribution in [-0.4, -0.2) is 43.9 Å². The molecule has 26 heavy (non-hydrogen) atoms. The number of oxazole rings is 1. The van der Waals surface area contributed by atoms with Crippen LogP contribution in [0.15, 0.2) is 62.7 Å². The topological polar surface area (TPSA) is 67.8 Å². The van der Waals surface area contributed by atoms with E-state index in [1.54, 1.807) is 28.0 Å². The van der Waals surface area contributed by atoms with E-state index in [4.69, 9.17) is 4.42 Å². The van der Waals surface area contributed by atoms with Crippen molar-refractivity contribution >= 4 is 21.4 Å². The van der Waals surface area contributed by atoms with Gasteiger partial charge in [-0.15, -0.1) is 11.3 Å². The van der Waals surface area contributed by atoms with Crippen LogP contribution in [0.4, 0.5) is 0 Å². The van der Waals surface area contributed by atoms with E-state index in [1.165, 1.54) is 16.2 Å². The third-order valence-electron chi connectivity index (χ3n) is 4.53. The molecule has 6 nitrogen and oxygen atoms in total. The molecule has 2 aromatic heterocycles. The number of piperazine rings is 1. The lowest BCUT2D eigenvalue weighted by Crippen LogP contribution is -3.13. The smallest absolute Gasteiger partial charge is 0.252 e. The molecule has 1 aromatic carbocycles. The Morgan fingerprint density at radius 3 is 2.58 bits per heavy atom. The van der Waals surface area contributed by atoms with Crippen LogP contribution in [0.25, 0.3) is 11.3 Å². The van der Waals surface area contributed by atoms with Crippen molar-refractivity contribution in [3.8, 4) is 11.3 Å². The van der Waals surface area contributed by atoms with Crippen LogP contribution in [0.5, 0.6) is 0 Å². The molecule has 1 saturated heterocycles. The number of hydrogen-bond donors (Lipinski definition) is 1. The Morgan fingerprint density at radius 2 is 1.88 bits per heavy atom. The van der Waals surface area contributed by atoms with Gasteiger partial charge in [-0.25, -0.2) is 13.4 Å². The Labute approximate surface area is 156 Å². The van der Waals surface area contributed by atoms with Gasteiger partial charge < -0.3 is 9.32 Å². The first-order chi connectivity index (χ1) is 12.6. The summed E-state index contributed by atoms with van der Waals surface area (Å²) in [5, 5.41) is 1.79. The van der Waals surface area contributed by atoms with Gasteiger partial charge in [0.25, 0.3) is 15.9 Å². The monoisotopic (exact) mass is 390 g/mol. The first-order valence-electron chi connectivity index (χ1n) is 8.50. The number of rotatable bonds is 5. The van der Waals surface area contributed by atoms with Gasteiger partial charge in [0.2, 0.25) is 0 Å². The van der Waals surface area contributed by atoms with Crippen LogP contribution >= 0.6 is 11.3 Å². The minimum Gasteiger partial charge on any atom is -0.435 e. The average molecular weight is 391 g/mol. The molecule has 0 saturated carbocycles. The highest BCUT2D eigenvalue weighted by Gasteiger charge is 2.31. The van der Waals surface area contributed by atoms with Crippen molar-refractivity contribution in [2.45, 2.75) is 10.8 Å². The van der Waals surface area contributed by atoms with Crippen LogP contribution in [0, 0.1) is 0 Å². The minimum atomic E-state index is -3.35. The first-order valence-corrected chi connectivity index (χ1v) is 10.8. The zero-order valence-corrected chi connectivity index (χ0v) is 15.8. The Hall–Kier alpha value is -2.00. The highest BCUT2D eigenvalue weighted by Crippen LogP contribution is 2.21. The van der Waals surface area contributed by atoms with Crippen LogP contribution in [0.2, 0.25) is 0 Å². The maximum absolute atomic E-state index is 12.6. The standard InChI is InChI=1S/C18H19N3O3S2/c22-26(23,18-7-4-12-25-18)21-10-8-20(9-11-21)14-17-19-13-16(24-17)15-5-2-1-3-6-15/h1-7,12-13H,8-11,14H2/p+1. The Kier molecular flexibility index (Phi) is 4.90. The predicted molar refractivity (Wildman–Crippen MR) is 99.4 cm³/mol. The van der Waals surface area contributed by atoms with E-state index < -0.39 is 10.0 Å². The molecule has 0 bridgehead atoms. The average Bonchev–Trinajstić information content (AvgIpc) is 3.35. The van der Waals surface area contributed by atoms with Gasteiger partial charge in [-0.05, 0) is 11.4 Å². The molecule has 3 heterocycles. The summed E-state index contributed by atoms with van der Waals surface area (Å²) in [6.07, 6.45) is 1.75. The number of quaternary nitrogens is 1. The van der Waals surface area contributed by atoms with Gasteiger partial charge in [-0.3, -0.25) is 0 Å². The van der Waals surface area contributed by atoms with Crippen LogP contribution < -0.4 is 4.90 Å². The molecule has 1 aliphatic rings. The Morgan fingerprint density at radius 1 is 1.12 bits per heavy atom. The minimum absolute atomic E-state index is 0.418. The highest BCUT2D eigenvalue weighted by molar-refractivity contribution is 7.91. The fraction of sp³-hybridized carbons (Fsp3) is 0.278. The second kappa shape index (κ2) is 7.32. The van der Waals surface area contributed by atoms with Gasteiger partial charge in [0.15, 0.2) is 12.3 Å². The second-order valence-electron chi connectivity index (χ2n) is 6.25. The van der Waals surface area contributed by atoms with E-state index in [-0.39, 0.29) is 0 Å². The van der Waals surface area contributed by atoms with E-state index in [0.29, 0.717) is 29.7 Å². The number of nitrogens with zero attached hydrogens (tertiary/aromatic N) is 2. The van der Waals surface area contributed by atoms with E-state index in [2.05, 4.69) is 4.98 Å². The molecule has 0 spiro atoms. The van der Waals surface area contributed by atoms with Crippen molar-refractivity contribution in [2.75, 3.05) is 26.2 Å². The number of thiophene rings is 1. The number of benzene rings is 1. The molecule has 4 rings (SSSR count). The van der Waals surface area contributed by atoms with Crippen molar-refractivity contribution in [1.29, 1.82) is 0 Å². The molecule has 0 atom stereocenters. The fourth-order valence-corrected chi connectivity index (χ4v) is 5.68. The summed E-state index contributed by atoms with van der Waals surface area (Å²) in [5.41, 5.74) is 1.01. The van der Waals surface area contributed by atoms with Crippen LogP contribution in [0.3, 0.4) is 0 Å². The summed E-state index contributed by atoms with van der Waals surface area (Å²) < 4.78 is 33.0. The van der Waals surface area contributed by atoms with Crippen LogP contribution in [-0.2, 0) is 16.6 Å². The SMILES string of the molecule is O=S(=O)(c1cccs1)N1CC[NH+](Cc2ncc(-c3ccccc3)o2)CC1. The van der Waals surface area contributed by atoms with E-state index in [1.807, 2.05) is 30.3 Å². The van der Waals surface area contributed by atoms with E-state index >= 15 is 0 Å². The highest BCUT2D eigenvalue weighted by atomic mass is 32.2.